The molecule has 0 bridgehead atoms. The van der Waals surface area contributed by atoms with Crippen molar-refractivity contribution in [1.29, 1.82) is 0 Å². The summed E-state index contributed by atoms with van der Waals surface area (Å²) in [7, 11) is -4.33. The Morgan fingerprint density at radius 1 is 1.23 bits per heavy atom. The van der Waals surface area contributed by atoms with Crippen molar-refractivity contribution < 1.29 is 62.3 Å². The zero-order valence-corrected chi connectivity index (χ0v) is 10.7. The van der Waals surface area contributed by atoms with Gasteiger partial charge in [-0.1, -0.05) is 0 Å². The normalized spacial score (nSPS) is 10.9. The van der Waals surface area contributed by atoms with E-state index in [0.717, 1.165) is 0 Å². The van der Waals surface area contributed by atoms with Crippen LogP contribution in [-0.2, 0) is 18.9 Å². The third kappa shape index (κ3) is 15.5. The van der Waals surface area contributed by atoms with Gasteiger partial charge in [0.15, 0.2) is 0 Å². The third-order valence-electron chi connectivity index (χ3n) is 0.435. The molecule has 0 rings (SSSR count). The van der Waals surface area contributed by atoms with Crippen molar-refractivity contribution in [3.63, 3.8) is 0 Å². The predicted molar refractivity (Wildman–Crippen MR) is 36.1 cm³/mol. The van der Waals surface area contributed by atoms with E-state index in [9.17, 15) is 13.7 Å². The Balaban J connectivity index is -0.000000309. The number of hydrogen-bond donors (Lipinski definition) is 2. The van der Waals surface area contributed by atoms with Crippen LogP contribution in [0, 0.1) is 0 Å². The molecule has 0 unspecified atom stereocenters. The van der Waals surface area contributed by atoms with E-state index in [1.54, 1.807) is 0 Å². The smallest absolute Gasteiger partial charge is 0.705 e. The summed E-state index contributed by atoms with van der Waals surface area (Å²) >= 11 is 0. The molecule has 0 aromatic carbocycles. The van der Waals surface area contributed by atoms with Crippen LogP contribution in [0.25, 0.3) is 0 Å². The molecule has 13 heavy (non-hydrogen) atoms. The van der Waals surface area contributed by atoms with Crippen LogP contribution in [0.15, 0.2) is 0 Å². The van der Waals surface area contributed by atoms with Gasteiger partial charge in [-0.3, -0.25) is 10.5 Å². The molecule has 0 aliphatic rings. The molecule has 0 aliphatic heterocycles. The molecular weight excluding hydrogens is 215 g/mol. The van der Waals surface area contributed by atoms with Crippen LogP contribution in [-0.4, -0.2) is 24.5 Å². The van der Waals surface area contributed by atoms with Crippen LogP contribution in [0.3, 0.4) is 0 Å². The first-order valence-electron chi connectivity index (χ1n) is 2.74. The monoisotopic (exact) mass is 226 g/mol. The average molecular weight is 226 g/mol. The SMILES string of the molecule is CC(C)(C)OS(=O)(=O)O[O-].OO.[Na+]. The number of rotatable bonds is 2. The maximum Gasteiger partial charge on any atom is 1.00 e. The third-order valence-corrected chi connectivity index (χ3v) is 1.31. The molecule has 0 aromatic rings. The maximum atomic E-state index is 10.3. The summed E-state index contributed by atoms with van der Waals surface area (Å²) in [6, 6.07) is 0. The van der Waals surface area contributed by atoms with E-state index in [4.69, 9.17) is 10.5 Å². The summed E-state index contributed by atoms with van der Waals surface area (Å²) in [5.41, 5.74) is -0.927. The maximum absolute atomic E-state index is 10.3. The van der Waals surface area contributed by atoms with Gasteiger partial charge in [-0.15, -0.1) is 0 Å². The minimum atomic E-state index is -4.33. The first kappa shape index (κ1) is 19.3. The van der Waals surface area contributed by atoms with E-state index in [2.05, 4.69) is 8.52 Å². The molecule has 7 nitrogen and oxygen atoms in total. The van der Waals surface area contributed by atoms with Gasteiger partial charge in [-0.25, -0.2) is 4.18 Å². The Kier molecular flexibility index (Phi) is 12.0. The van der Waals surface area contributed by atoms with E-state index in [1.165, 1.54) is 20.8 Å². The zero-order chi connectivity index (χ0) is 10.4. The Labute approximate surface area is 98.8 Å². The number of hydrogen-bond acceptors (Lipinski definition) is 7. The van der Waals surface area contributed by atoms with Gasteiger partial charge in [-0.05, 0) is 20.8 Å². The Morgan fingerprint density at radius 3 is 1.62 bits per heavy atom. The summed E-state index contributed by atoms with van der Waals surface area (Å²) < 4.78 is 27.5. The van der Waals surface area contributed by atoms with Gasteiger partial charge in [0.05, 0.1) is 5.60 Å². The second kappa shape index (κ2) is 8.09. The van der Waals surface area contributed by atoms with Gasteiger partial charge in [0.1, 0.15) is 0 Å². The van der Waals surface area contributed by atoms with Gasteiger partial charge >= 0.3 is 40.0 Å². The summed E-state index contributed by atoms with van der Waals surface area (Å²) in [4.78, 5) is 0. The van der Waals surface area contributed by atoms with Gasteiger partial charge in [-0.2, -0.15) is 8.42 Å². The molecule has 0 fully saturated rings. The van der Waals surface area contributed by atoms with Crippen molar-refractivity contribution in [2.45, 2.75) is 26.4 Å². The van der Waals surface area contributed by atoms with Crippen LogP contribution in [0.4, 0.5) is 0 Å². The van der Waals surface area contributed by atoms with Crippen molar-refractivity contribution in [2.75, 3.05) is 0 Å². The van der Waals surface area contributed by atoms with Gasteiger partial charge in [0.25, 0.3) is 0 Å². The van der Waals surface area contributed by atoms with E-state index < -0.39 is 16.0 Å². The molecule has 0 saturated carbocycles. The molecule has 0 aromatic heterocycles. The van der Waals surface area contributed by atoms with Crippen LogP contribution in [0.2, 0.25) is 0 Å². The van der Waals surface area contributed by atoms with Crippen LogP contribution < -0.4 is 34.8 Å². The second-order valence-corrected chi connectivity index (χ2v) is 3.79. The molecular formula is C4H11NaO7S. The molecule has 0 heterocycles. The van der Waals surface area contributed by atoms with Gasteiger partial charge < -0.3 is 9.59 Å². The minimum absolute atomic E-state index is 0. The molecule has 0 aliphatic carbocycles. The molecule has 9 heteroatoms. The first-order chi connectivity index (χ1) is 5.27. The van der Waals surface area contributed by atoms with E-state index >= 15 is 0 Å². The van der Waals surface area contributed by atoms with Gasteiger partial charge in [0, 0.05) is 0 Å². The fourth-order valence-corrected chi connectivity index (χ4v) is 0.960. The zero-order valence-electron chi connectivity index (χ0n) is 7.84. The first-order valence-corrected chi connectivity index (χ1v) is 4.07. The fourth-order valence-electron chi connectivity index (χ4n) is 0.320. The van der Waals surface area contributed by atoms with E-state index in [1.807, 2.05) is 0 Å². The second-order valence-electron chi connectivity index (χ2n) is 2.67. The molecule has 0 amide bonds. The van der Waals surface area contributed by atoms with Crippen LogP contribution in [0.1, 0.15) is 20.8 Å². The van der Waals surface area contributed by atoms with Crippen LogP contribution in [0.5, 0.6) is 0 Å². The topological polar surface area (TPSA) is 116 Å². The van der Waals surface area contributed by atoms with Crippen LogP contribution >= 0.6 is 0 Å². The predicted octanol–water partition coefficient (Wildman–Crippen LogP) is -3.64. The summed E-state index contributed by atoms with van der Waals surface area (Å²) in [6.07, 6.45) is 0. The Morgan fingerprint density at radius 2 is 1.54 bits per heavy atom. The van der Waals surface area contributed by atoms with Crippen molar-refractivity contribution in [3.8, 4) is 0 Å². The molecule has 0 spiro atoms. The quantitative estimate of drug-likeness (QED) is 0.283. The Hall–Kier alpha value is 0.750. The van der Waals surface area contributed by atoms with Crippen molar-refractivity contribution in [3.05, 3.63) is 0 Å². The average Bonchev–Trinajstić information content (AvgIpc) is 1.88. The van der Waals surface area contributed by atoms with Gasteiger partial charge in [0.2, 0.25) is 0 Å². The molecule has 0 atom stereocenters. The Bertz CT molecular complexity index is 193. The minimum Gasteiger partial charge on any atom is -0.705 e. The van der Waals surface area contributed by atoms with E-state index in [0.29, 0.717) is 0 Å². The standard InChI is InChI=1S/C4H10O5S.Na.H2O2/c1-4(2,3)8-10(6,7)9-5;;1-2/h5H,1-3H3;;1-2H/q;+1;/p-1. The molecule has 2 N–H and O–H groups in total. The van der Waals surface area contributed by atoms with E-state index in [-0.39, 0.29) is 29.6 Å². The molecule has 0 radical (unpaired) electrons. The molecule has 76 valence electrons. The fraction of sp³-hybridized carbons (Fsp3) is 1.00. The largest absolute Gasteiger partial charge is 1.00 e. The van der Waals surface area contributed by atoms with Crippen molar-refractivity contribution >= 4 is 10.4 Å². The van der Waals surface area contributed by atoms with Crippen molar-refractivity contribution in [2.24, 2.45) is 0 Å². The summed E-state index contributed by atoms with van der Waals surface area (Å²) in [6.45, 7) is 4.47. The summed E-state index contributed by atoms with van der Waals surface area (Å²) in [5, 5.41) is 21.4. The molecule has 0 saturated heterocycles. The van der Waals surface area contributed by atoms with Crippen molar-refractivity contribution in [1.82, 2.24) is 0 Å². The summed E-state index contributed by atoms with van der Waals surface area (Å²) in [5.74, 6) is 0.